The first-order valence-electron chi connectivity index (χ1n) is 15.2. The van der Waals surface area contributed by atoms with Crippen LogP contribution < -0.4 is 9.80 Å². The Bertz CT molecular complexity index is 1200. The van der Waals surface area contributed by atoms with Crippen LogP contribution in [0, 0.1) is 0 Å². The Hall–Kier alpha value is -3.98. The molecule has 1 aromatic rings. The third kappa shape index (κ3) is 5.01. The van der Waals surface area contributed by atoms with Gasteiger partial charge < -0.3 is 38.5 Å². The minimum Gasteiger partial charge on any atom is -0.378 e. The monoisotopic (exact) mass is 608 g/mol. The van der Waals surface area contributed by atoms with Gasteiger partial charge in [0.1, 0.15) is 22.8 Å². The molecule has 6 aliphatic rings. The van der Waals surface area contributed by atoms with Crippen LogP contribution in [0.15, 0.2) is 47.1 Å². The molecule has 4 amide bonds. The Balaban J connectivity index is 1.17. The van der Waals surface area contributed by atoms with Gasteiger partial charge in [0.15, 0.2) is 0 Å². The van der Waals surface area contributed by atoms with Crippen molar-refractivity contribution in [3.63, 3.8) is 0 Å². The van der Waals surface area contributed by atoms with Crippen molar-refractivity contribution < 1.29 is 38.1 Å². The number of amides is 4. The number of anilines is 2. The highest BCUT2D eigenvalue weighted by Gasteiger charge is 2.47. The van der Waals surface area contributed by atoms with E-state index in [1.165, 1.54) is 9.80 Å². The number of hydrogen-bond acceptors (Lipinski definition) is 12. The molecule has 0 atom stereocenters. The number of imide groups is 2. The van der Waals surface area contributed by atoms with E-state index >= 15 is 0 Å². The molecule has 0 saturated carbocycles. The lowest BCUT2D eigenvalue weighted by Gasteiger charge is -2.33. The highest BCUT2D eigenvalue weighted by atomic mass is 16.5. The summed E-state index contributed by atoms with van der Waals surface area (Å²) in [7, 11) is 0. The average molecular weight is 609 g/mol. The van der Waals surface area contributed by atoms with Gasteiger partial charge in [-0.1, -0.05) is 0 Å². The summed E-state index contributed by atoms with van der Waals surface area (Å²) in [5.41, 5.74) is 2.25. The first kappa shape index (κ1) is 28.8. The third-order valence-corrected chi connectivity index (χ3v) is 8.75. The highest BCUT2D eigenvalue weighted by molar-refractivity contribution is 6.33. The molecule has 4 saturated heterocycles. The number of nitrogens with zero attached hydrogens (tertiary/aromatic N) is 6. The Morgan fingerprint density at radius 1 is 0.364 bits per heavy atom. The van der Waals surface area contributed by atoms with Crippen LogP contribution in [0.4, 0.5) is 11.4 Å². The molecule has 0 radical (unpaired) electrons. The summed E-state index contributed by atoms with van der Waals surface area (Å²) >= 11 is 0. The van der Waals surface area contributed by atoms with Crippen molar-refractivity contribution in [2.45, 2.75) is 0 Å². The van der Waals surface area contributed by atoms with E-state index in [1.54, 1.807) is 24.3 Å². The van der Waals surface area contributed by atoms with Crippen LogP contribution in [0.5, 0.6) is 0 Å². The number of benzene rings is 1. The van der Waals surface area contributed by atoms with Gasteiger partial charge in [0, 0.05) is 52.4 Å². The smallest absolute Gasteiger partial charge is 0.284 e. The van der Waals surface area contributed by atoms with Crippen molar-refractivity contribution in [1.29, 1.82) is 0 Å². The molecule has 6 aliphatic heterocycles. The lowest BCUT2D eigenvalue weighted by Crippen LogP contribution is -2.42. The maximum atomic E-state index is 13.9. The van der Waals surface area contributed by atoms with E-state index in [4.69, 9.17) is 18.9 Å². The predicted octanol–water partition coefficient (Wildman–Crippen LogP) is -0.815. The summed E-state index contributed by atoms with van der Waals surface area (Å²) in [4.78, 5) is 65.7. The van der Waals surface area contributed by atoms with Gasteiger partial charge in [-0.25, -0.2) is 9.80 Å². The van der Waals surface area contributed by atoms with Crippen LogP contribution in [-0.2, 0) is 38.1 Å². The molecule has 44 heavy (non-hydrogen) atoms. The van der Waals surface area contributed by atoms with Crippen molar-refractivity contribution in [1.82, 2.24) is 19.6 Å². The summed E-state index contributed by atoms with van der Waals surface area (Å²) < 4.78 is 22.0. The van der Waals surface area contributed by atoms with Gasteiger partial charge in [0.2, 0.25) is 0 Å². The van der Waals surface area contributed by atoms with Gasteiger partial charge in [-0.3, -0.25) is 19.2 Å². The van der Waals surface area contributed by atoms with Crippen LogP contribution in [0.25, 0.3) is 0 Å². The zero-order valence-corrected chi connectivity index (χ0v) is 24.6. The van der Waals surface area contributed by atoms with Gasteiger partial charge in [-0.2, -0.15) is 0 Å². The van der Waals surface area contributed by atoms with Crippen LogP contribution in [0.2, 0.25) is 0 Å². The Morgan fingerprint density at radius 2 is 0.568 bits per heavy atom. The van der Waals surface area contributed by atoms with Gasteiger partial charge in [0.05, 0.1) is 64.2 Å². The van der Waals surface area contributed by atoms with Crippen LogP contribution in [0.1, 0.15) is 0 Å². The molecule has 14 nitrogen and oxygen atoms in total. The molecule has 6 heterocycles. The van der Waals surface area contributed by atoms with Crippen LogP contribution in [-0.4, -0.2) is 148 Å². The molecule has 234 valence electrons. The Kier molecular flexibility index (Phi) is 7.97. The largest absolute Gasteiger partial charge is 0.378 e. The summed E-state index contributed by atoms with van der Waals surface area (Å²) in [6, 6.07) is 6.47. The second-order valence-corrected chi connectivity index (χ2v) is 11.2. The molecule has 14 heteroatoms. The minimum atomic E-state index is -0.398. The SMILES string of the molecule is O=C1C(N2CCOCC2)=C(N2CCOCC2)C(=O)N1c1ccc(N2C(=O)C(N3CCOCC3)=C(N3CCOCC3)C2=O)cc1. The standard InChI is InChI=1S/C30H36N6O8/c37-27-23(31-5-13-41-14-6-31)24(32-7-15-42-16-8-32)28(38)35(27)21-1-2-22(4-3-21)36-29(39)25(33-9-17-43-18-10-33)26(30(36)40)34-11-19-44-20-12-34/h1-4H,5-20H2. The number of carbonyl (C=O) groups excluding carboxylic acids is 4. The van der Waals surface area contributed by atoms with Crippen molar-refractivity contribution >= 4 is 35.0 Å². The van der Waals surface area contributed by atoms with Crippen LogP contribution >= 0.6 is 0 Å². The van der Waals surface area contributed by atoms with Gasteiger partial charge >= 0.3 is 0 Å². The lowest BCUT2D eigenvalue weighted by atomic mass is 10.2. The zero-order chi connectivity index (χ0) is 30.2. The summed E-state index contributed by atoms with van der Waals surface area (Å²) in [6.45, 7) is 7.88. The van der Waals surface area contributed by atoms with E-state index in [1.807, 2.05) is 19.6 Å². The molecule has 7 rings (SSSR count). The molecule has 0 aromatic heterocycles. The van der Waals surface area contributed by atoms with Crippen molar-refractivity contribution in [3.8, 4) is 0 Å². The fraction of sp³-hybridized carbons (Fsp3) is 0.533. The number of rotatable bonds is 6. The molecular formula is C30H36N6O8. The van der Waals surface area contributed by atoms with Gasteiger partial charge in [-0.05, 0) is 24.3 Å². The van der Waals surface area contributed by atoms with Gasteiger partial charge in [0.25, 0.3) is 23.6 Å². The van der Waals surface area contributed by atoms with E-state index < -0.39 is 23.6 Å². The maximum absolute atomic E-state index is 13.9. The molecule has 0 spiro atoms. The van der Waals surface area contributed by atoms with Gasteiger partial charge in [-0.15, -0.1) is 0 Å². The molecular weight excluding hydrogens is 572 g/mol. The number of carbonyl (C=O) groups is 4. The number of morpholine rings is 4. The van der Waals surface area contributed by atoms with Crippen molar-refractivity contribution in [2.75, 3.05) is 115 Å². The van der Waals surface area contributed by atoms with E-state index in [0.717, 1.165) is 0 Å². The Morgan fingerprint density at radius 3 is 0.773 bits per heavy atom. The molecule has 4 fully saturated rings. The third-order valence-electron chi connectivity index (χ3n) is 8.75. The fourth-order valence-electron chi connectivity index (χ4n) is 6.52. The first-order valence-corrected chi connectivity index (χ1v) is 15.2. The highest BCUT2D eigenvalue weighted by Crippen LogP contribution is 2.36. The minimum absolute atomic E-state index is 0.367. The second kappa shape index (κ2) is 12.2. The quantitative estimate of drug-likeness (QED) is 0.375. The molecule has 0 bridgehead atoms. The first-order chi connectivity index (χ1) is 21.5. The van der Waals surface area contributed by atoms with Crippen molar-refractivity contribution in [2.24, 2.45) is 0 Å². The topological polar surface area (TPSA) is 125 Å². The number of hydrogen-bond donors (Lipinski definition) is 0. The van der Waals surface area contributed by atoms with E-state index in [9.17, 15) is 19.2 Å². The molecule has 0 aliphatic carbocycles. The summed E-state index contributed by atoms with van der Waals surface area (Å²) in [5, 5.41) is 0. The maximum Gasteiger partial charge on any atom is 0.284 e. The molecule has 0 unspecified atom stereocenters. The predicted molar refractivity (Wildman–Crippen MR) is 155 cm³/mol. The zero-order valence-electron chi connectivity index (χ0n) is 24.6. The van der Waals surface area contributed by atoms with E-state index in [-0.39, 0.29) is 0 Å². The molecule has 0 N–H and O–H groups in total. The summed E-state index contributed by atoms with van der Waals surface area (Å²) in [6.07, 6.45) is 0. The number of ether oxygens (including phenoxy) is 4. The fourth-order valence-corrected chi connectivity index (χ4v) is 6.52. The lowest BCUT2D eigenvalue weighted by molar-refractivity contribution is -0.123. The normalized spacial score (nSPS) is 24.1. The van der Waals surface area contributed by atoms with E-state index in [2.05, 4.69) is 0 Å². The second-order valence-electron chi connectivity index (χ2n) is 11.2. The Labute approximate surface area is 254 Å². The van der Waals surface area contributed by atoms with Crippen LogP contribution in [0.3, 0.4) is 0 Å². The average Bonchev–Trinajstić information content (AvgIpc) is 3.50. The summed E-state index contributed by atoms with van der Waals surface area (Å²) in [5.74, 6) is -1.59. The molecule has 1 aromatic carbocycles. The van der Waals surface area contributed by atoms with E-state index in [0.29, 0.717) is 139 Å². The van der Waals surface area contributed by atoms with Crippen molar-refractivity contribution in [3.05, 3.63) is 47.1 Å².